The molecule has 0 spiro atoms. The molecule has 0 aliphatic carbocycles. The Kier molecular flexibility index (Phi) is 4.08. The van der Waals surface area contributed by atoms with Gasteiger partial charge in [-0.25, -0.2) is 4.98 Å². The van der Waals surface area contributed by atoms with Gasteiger partial charge in [-0.05, 0) is 37.1 Å². The van der Waals surface area contributed by atoms with E-state index in [9.17, 15) is 0 Å². The molecule has 0 fully saturated rings. The summed E-state index contributed by atoms with van der Waals surface area (Å²) in [6.45, 7) is 6.75. The first-order chi connectivity index (χ1) is 12.0. The number of fused-ring (bicyclic) bond motifs is 2. The van der Waals surface area contributed by atoms with Gasteiger partial charge in [0, 0.05) is 16.7 Å². The van der Waals surface area contributed by atoms with E-state index in [1.807, 2.05) is 29.5 Å². The third-order valence-electron chi connectivity index (χ3n) is 4.93. The predicted octanol–water partition coefficient (Wildman–Crippen LogP) is 6.30. The summed E-state index contributed by atoms with van der Waals surface area (Å²) in [4.78, 5) is 4.81. The minimum atomic E-state index is -0.0545. The fourth-order valence-electron chi connectivity index (χ4n) is 3.29. The Bertz CT molecular complexity index is 982. The molecule has 0 amide bonds. The van der Waals surface area contributed by atoms with Gasteiger partial charge in [-0.15, -0.1) is 11.3 Å². The number of nitrogens with zero attached hydrogens (tertiary/aromatic N) is 2. The summed E-state index contributed by atoms with van der Waals surface area (Å²) in [5.41, 5.74) is 1.99. The Morgan fingerprint density at radius 1 is 1.04 bits per heavy atom. The minimum Gasteiger partial charge on any atom is -0.360 e. The third kappa shape index (κ3) is 3.07. The average molecular weight is 350 g/mol. The SMILES string of the molecule is CC(CCC(C)(C)c1onc2ccccc12)c1nc2ccccc2s1. The lowest BCUT2D eigenvalue weighted by molar-refractivity contribution is 0.302. The molecule has 25 heavy (non-hydrogen) atoms. The van der Waals surface area contributed by atoms with E-state index in [0.717, 1.165) is 35.0 Å². The van der Waals surface area contributed by atoms with Crippen molar-refractivity contribution < 1.29 is 4.52 Å². The topological polar surface area (TPSA) is 38.9 Å². The Balaban J connectivity index is 1.53. The van der Waals surface area contributed by atoms with Crippen LogP contribution in [-0.4, -0.2) is 10.1 Å². The van der Waals surface area contributed by atoms with Crippen LogP contribution in [0.5, 0.6) is 0 Å². The first-order valence-corrected chi connectivity index (χ1v) is 9.56. The highest BCUT2D eigenvalue weighted by Gasteiger charge is 2.28. The first-order valence-electron chi connectivity index (χ1n) is 8.75. The Hall–Kier alpha value is -2.20. The summed E-state index contributed by atoms with van der Waals surface area (Å²) in [7, 11) is 0. The van der Waals surface area contributed by atoms with Crippen molar-refractivity contribution in [2.24, 2.45) is 0 Å². The van der Waals surface area contributed by atoms with E-state index < -0.39 is 0 Å². The summed E-state index contributed by atoms with van der Waals surface area (Å²) >= 11 is 1.81. The summed E-state index contributed by atoms with van der Waals surface area (Å²) in [6.07, 6.45) is 2.10. The molecule has 1 unspecified atom stereocenters. The van der Waals surface area contributed by atoms with Gasteiger partial charge in [0.05, 0.1) is 15.2 Å². The molecule has 0 aliphatic heterocycles. The van der Waals surface area contributed by atoms with Gasteiger partial charge in [0.2, 0.25) is 0 Å². The maximum atomic E-state index is 5.70. The van der Waals surface area contributed by atoms with Gasteiger partial charge in [0.15, 0.2) is 0 Å². The van der Waals surface area contributed by atoms with E-state index >= 15 is 0 Å². The van der Waals surface area contributed by atoms with Crippen molar-refractivity contribution in [3.05, 3.63) is 59.3 Å². The van der Waals surface area contributed by atoms with Crippen molar-refractivity contribution in [2.75, 3.05) is 0 Å². The molecule has 2 aromatic heterocycles. The van der Waals surface area contributed by atoms with Crippen molar-refractivity contribution in [2.45, 2.75) is 44.9 Å². The normalized spacial score (nSPS) is 13.6. The molecule has 2 aromatic carbocycles. The Morgan fingerprint density at radius 2 is 1.76 bits per heavy atom. The maximum Gasteiger partial charge on any atom is 0.150 e. The standard InChI is InChI=1S/C21H22N2OS/c1-14(20-22-17-10-6-7-11-18(17)25-20)12-13-21(2,3)19-15-8-4-5-9-16(15)23-24-19/h4-11,14H,12-13H2,1-3H3. The van der Waals surface area contributed by atoms with Crippen LogP contribution in [0.1, 0.15) is 50.3 Å². The third-order valence-corrected chi connectivity index (χ3v) is 6.20. The lowest BCUT2D eigenvalue weighted by atomic mass is 9.81. The molecule has 4 heteroatoms. The maximum absolute atomic E-state index is 5.70. The summed E-state index contributed by atoms with van der Waals surface area (Å²) in [6, 6.07) is 16.5. The number of hydrogen-bond acceptors (Lipinski definition) is 4. The van der Waals surface area contributed by atoms with Crippen LogP contribution in [0.4, 0.5) is 0 Å². The van der Waals surface area contributed by atoms with Crippen LogP contribution in [-0.2, 0) is 5.41 Å². The van der Waals surface area contributed by atoms with Gasteiger partial charge in [-0.2, -0.15) is 0 Å². The van der Waals surface area contributed by atoms with Crippen LogP contribution < -0.4 is 0 Å². The summed E-state index contributed by atoms with van der Waals surface area (Å²) in [5, 5.41) is 6.56. The highest BCUT2D eigenvalue weighted by atomic mass is 32.1. The van der Waals surface area contributed by atoms with Crippen LogP contribution in [0.25, 0.3) is 21.1 Å². The number of aromatic nitrogens is 2. The van der Waals surface area contributed by atoms with Crippen molar-refractivity contribution in [3.8, 4) is 0 Å². The quantitative estimate of drug-likeness (QED) is 0.424. The average Bonchev–Trinajstić information content (AvgIpc) is 3.24. The van der Waals surface area contributed by atoms with Gasteiger partial charge >= 0.3 is 0 Å². The molecule has 0 saturated heterocycles. The molecule has 0 saturated carbocycles. The lowest BCUT2D eigenvalue weighted by Gasteiger charge is -2.23. The Labute approximate surface area is 151 Å². The molecule has 4 aromatic rings. The first kappa shape index (κ1) is 16.3. The van der Waals surface area contributed by atoms with E-state index in [4.69, 9.17) is 9.51 Å². The number of hydrogen-bond donors (Lipinski definition) is 0. The molecule has 3 nitrogen and oxygen atoms in total. The van der Waals surface area contributed by atoms with Crippen molar-refractivity contribution in [1.82, 2.24) is 10.1 Å². The van der Waals surface area contributed by atoms with Crippen LogP contribution in [0.15, 0.2) is 53.1 Å². The lowest BCUT2D eigenvalue weighted by Crippen LogP contribution is -2.17. The zero-order valence-electron chi connectivity index (χ0n) is 14.8. The van der Waals surface area contributed by atoms with E-state index in [1.54, 1.807) is 0 Å². The van der Waals surface area contributed by atoms with Crippen LogP contribution >= 0.6 is 11.3 Å². The van der Waals surface area contributed by atoms with Gasteiger partial charge < -0.3 is 4.52 Å². The number of para-hydroxylation sites is 1. The van der Waals surface area contributed by atoms with Crippen molar-refractivity contribution in [3.63, 3.8) is 0 Å². The number of rotatable bonds is 5. The second kappa shape index (κ2) is 6.26. The molecule has 128 valence electrons. The smallest absolute Gasteiger partial charge is 0.150 e. The second-order valence-corrected chi connectivity index (χ2v) is 8.43. The summed E-state index contributed by atoms with van der Waals surface area (Å²) < 4.78 is 6.97. The number of thiazole rings is 1. The van der Waals surface area contributed by atoms with Crippen molar-refractivity contribution >= 4 is 32.5 Å². The molecule has 0 radical (unpaired) electrons. The van der Waals surface area contributed by atoms with Gasteiger partial charge in [-0.1, -0.05) is 50.2 Å². The number of benzene rings is 2. The molecular formula is C21H22N2OS. The van der Waals surface area contributed by atoms with E-state index in [-0.39, 0.29) is 5.41 Å². The van der Waals surface area contributed by atoms with E-state index in [1.165, 1.54) is 9.71 Å². The van der Waals surface area contributed by atoms with Gasteiger partial charge in [-0.3, -0.25) is 0 Å². The minimum absolute atomic E-state index is 0.0545. The Morgan fingerprint density at radius 3 is 2.56 bits per heavy atom. The van der Waals surface area contributed by atoms with Crippen LogP contribution in [0, 0.1) is 0 Å². The van der Waals surface area contributed by atoms with Gasteiger partial charge in [0.1, 0.15) is 11.3 Å². The van der Waals surface area contributed by atoms with Gasteiger partial charge in [0.25, 0.3) is 0 Å². The fourth-order valence-corrected chi connectivity index (χ4v) is 4.35. The van der Waals surface area contributed by atoms with E-state index in [0.29, 0.717) is 5.92 Å². The molecule has 0 N–H and O–H groups in total. The molecule has 2 heterocycles. The zero-order valence-corrected chi connectivity index (χ0v) is 15.6. The monoisotopic (exact) mass is 350 g/mol. The molecule has 1 atom stereocenters. The van der Waals surface area contributed by atoms with Crippen LogP contribution in [0.3, 0.4) is 0 Å². The molecule has 0 aliphatic rings. The fraction of sp³-hybridized carbons (Fsp3) is 0.333. The highest BCUT2D eigenvalue weighted by molar-refractivity contribution is 7.18. The van der Waals surface area contributed by atoms with Crippen molar-refractivity contribution in [1.29, 1.82) is 0 Å². The predicted molar refractivity (Wildman–Crippen MR) is 104 cm³/mol. The highest BCUT2D eigenvalue weighted by Crippen LogP contribution is 2.37. The molecule has 4 rings (SSSR count). The van der Waals surface area contributed by atoms with E-state index in [2.05, 4.69) is 56.3 Å². The molecule has 0 bridgehead atoms. The molecular weight excluding hydrogens is 328 g/mol. The largest absolute Gasteiger partial charge is 0.360 e. The second-order valence-electron chi connectivity index (χ2n) is 7.37. The summed E-state index contributed by atoms with van der Waals surface area (Å²) in [5.74, 6) is 1.42. The zero-order chi connectivity index (χ0) is 17.4. The van der Waals surface area contributed by atoms with Crippen LogP contribution in [0.2, 0.25) is 0 Å².